The standard InChI is InChI=1S/C12H14FN3/c1-12(2,3)11-14-10(15-16-11)8-4-6-9(13)7-5-8/h4-7H,1-3H3,(H,14,15,16). The van der Waals surface area contributed by atoms with Crippen molar-refractivity contribution < 1.29 is 4.39 Å². The number of hydrogen-bond acceptors (Lipinski definition) is 2. The van der Waals surface area contributed by atoms with Gasteiger partial charge in [0.25, 0.3) is 0 Å². The summed E-state index contributed by atoms with van der Waals surface area (Å²) < 4.78 is 12.7. The molecule has 0 unspecified atom stereocenters. The summed E-state index contributed by atoms with van der Waals surface area (Å²) in [6.07, 6.45) is 0. The molecule has 0 bridgehead atoms. The molecular formula is C12H14FN3. The van der Waals surface area contributed by atoms with Gasteiger partial charge in [-0.15, -0.1) is 0 Å². The second kappa shape index (κ2) is 3.70. The summed E-state index contributed by atoms with van der Waals surface area (Å²) in [5, 5.41) is 7.03. The summed E-state index contributed by atoms with van der Waals surface area (Å²) in [5.41, 5.74) is 0.749. The Balaban J connectivity index is 2.35. The van der Waals surface area contributed by atoms with Crippen LogP contribution in [0.15, 0.2) is 24.3 Å². The highest BCUT2D eigenvalue weighted by molar-refractivity contribution is 5.54. The minimum Gasteiger partial charge on any atom is -0.262 e. The molecule has 2 aromatic rings. The fraction of sp³-hybridized carbons (Fsp3) is 0.333. The Bertz CT molecular complexity index is 480. The minimum atomic E-state index is -0.254. The fourth-order valence-corrected chi connectivity index (χ4v) is 1.33. The maximum absolute atomic E-state index is 12.7. The molecule has 1 aromatic heterocycles. The largest absolute Gasteiger partial charge is 0.262 e. The van der Waals surface area contributed by atoms with Gasteiger partial charge in [-0.2, -0.15) is 5.10 Å². The van der Waals surface area contributed by atoms with E-state index < -0.39 is 0 Å². The third-order valence-electron chi connectivity index (χ3n) is 2.30. The minimum absolute atomic E-state index is 0.0642. The maximum atomic E-state index is 12.7. The first-order chi connectivity index (χ1) is 7.47. The Hall–Kier alpha value is -1.71. The van der Waals surface area contributed by atoms with Crippen LogP contribution in [0.25, 0.3) is 11.4 Å². The van der Waals surface area contributed by atoms with E-state index in [0.717, 1.165) is 11.4 Å². The van der Waals surface area contributed by atoms with Gasteiger partial charge >= 0.3 is 0 Å². The number of aromatic amines is 1. The van der Waals surface area contributed by atoms with Crippen LogP contribution in [0.4, 0.5) is 4.39 Å². The highest BCUT2D eigenvalue weighted by atomic mass is 19.1. The van der Waals surface area contributed by atoms with E-state index >= 15 is 0 Å². The lowest BCUT2D eigenvalue weighted by Crippen LogP contribution is -2.13. The summed E-state index contributed by atoms with van der Waals surface area (Å²) in [5.74, 6) is 1.17. The molecule has 84 valence electrons. The second-order valence-electron chi connectivity index (χ2n) is 4.76. The van der Waals surface area contributed by atoms with Gasteiger partial charge in [-0.1, -0.05) is 20.8 Å². The highest BCUT2D eigenvalue weighted by Gasteiger charge is 2.18. The van der Waals surface area contributed by atoms with Crippen LogP contribution in [0.2, 0.25) is 0 Å². The molecule has 16 heavy (non-hydrogen) atoms. The second-order valence-corrected chi connectivity index (χ2v) is 4.76. The van der Waals surface area contributed by atoms with Crippen molar-refractivity contribution in [2.24, 2.45) is 0 Å². The zero-order valence-electron chi connectivity index (χ0n) is 9.58. The molecule has 0 aliphatic rings. The average molecular weight is 219 g/mol. The van der Waals surface area contributed by atoms with E-state index in [1.54, 1.807) is 12.1 Å². The van der Waals surface area contributed by atoms with E-state index in [0.29, 0.717) is 5.82 Å². The van der Waals surface area contributed by atoms with Crippen molar-refractivity contribution in [2.45, 2.75) is 26.2 Å². The lowest BCUT2D eigenvalue weighted by molar-refractivity contribution is 0.548. The van der Waals surface area contributed by atoms with Crippen LogP contribution in [-0.2, 0) is 5.41 Å². The van der Waals surface area contributed by atoms with E-state index in [4.69, 9.17) is 0 Å². The van der Waals surface area contributed by atoms with Crippen molar-refractivity contribution in [3.8, 4) is 11.4 Å². The van der Waals surface area contributed by atoms with E-state index in [1.807, 2.05) is 0 Å². The van der Waals surface area contributed by atoms with Gasteiger partial charge in [-0.3, -0.25) is 5.10 Å². The topological polar surface area (TPSA) is 41.6 Å². The van der Waals surface area contributed by atoms with Gasteiger partial charge in [0.1, 0.15) is 11.6 Å². The van der Waals surface area contributed by atoms with E-state index in [2.05, 4.69) is 36.0 Å². The molecule has 0 spiro atoms. The highest BCUT2D eigenvalue weighted by Crippen LogP contribution is 2.21. The molecule has 4 heteroatoms. The van der Waals surface area contributed by atoms with Crippen molar-refractivity contribution in [3.63, 3.8) is 0 Å². The van der Waals surface area contributed by atoms with Crippen molar-refractivity contribution in [3.05, 3.63) is 35.9 Å². The van der Waals surface area contributed by atoms with E-state index in [-0.39, 0.29) is 11.2 Å². The summed E-state index contributed by atoms with van der Waals surface area (Å²) >= 11 is 0. The van der Waals surface area contributed by atoms with Crippen LogP contribution in [0.1, 0.15) is 26.6 Å². The molecule has 0 amide bonds. The van der Waals surface area contributed by atoms with Crippen LogP contribution in [0.5, 0.6) is 0 Å². The Morgan fingerprint density at radius 3 is 2.25 bits per heavy atom. The maximum Gasteiger partial charge on any atom is 0.181 e. The molecule has 1 N–H and O–H groups in total. The van der Waals surface area contributed by atoms with Gasteiger partial charge in [-0.25, -0.2) is 9.37 Å². The SMILES string of the molecule is CC(C)(C)c1nc(-c2ccc(F)cc2)n[nH]1. The molecular weight excluding hydrogens is 205 g/mol. The van der Waals surface area contributed by atoms with Crippen LogP contribution < -0.4 is 0 Å². The fourth-order valence-electron chi connectivity index (χ4n) is 1.33. The molecule has 0 aliphatic carbocycles. The van der Waals surface area contributed by atoms with Gasteiger partial charge < -0.3 is 0 Å². The van der Waals surface area contributed by atoms with Crippen LogP contribution in [0.3, 0.4) is 0 Å². The zero-order valence-corrected chi connectivity index (χ0v) is 9.58. The lowest BCUT2D eigenvalue weighted by Gasteiger charge is -2.12. The van der Waals surface area contributed by atoms with Gasteiger partial charge in [0.05, 0.1) is 0 Å². The van der Waals surface area contributed by atoms with Crippen LogP contribution >= 0.6 is 0 Å². The average Bonchev–Trinajstić information content (AvgIpc) is 2.67. The number of benzene rings is 1. The summed E-state index contributed by atoms with van der Waals surface area (Å²) in [7, 11) is 0. The van der Waals surface area contributed by atoms with Crippen molar-refractivity contribution in [1.82, 2.24) is 15.2 Å². The molecule has 1 aromatic carbocycles. The van der Waals surface area contributed by atoms with E-state index in [9.17, 15) is 4.39 Å². The number of halogens is 1. The number of rotatable bonds is 1. The number of H-pyrrole nitrogens is 1. The monoisotopic (exact) mass is 219 g/mol. The summed E-state index contributed by atoms with van der Waals surface area (Å²) in [4.78, 5) is 4.39. The first kappa shape index (κ1) is 10.8. The van der Waals surface area contributed by atoms with Gasteiger partial charge in [0.15, 0.2) is 5.82 Å². The Kier molecular flexibility index (Phi) is 2.50. The third-order valence-corrected chi connectivity index (χ3v) is 2.30. The molecule has 2 rings (SSSR count). The molecule has 3 nitrogen and oxygen atoms in total. The molecule has 0 saturated heterocycles. The van der Waals surface area contributed by atoms with Crippen LogP contribution in [0, 0.1) is 5.82 Å². The Labute approximate surface area is 93.7 Å². The molecule has 0 radical (unpaired) electrons. The quantitative estimate of drug-likeness (QED) is 0.801. The van der Waals surface area contributed by atoms with Gasteiger partial charge in [-0.05, 0) is 24.3 Å². The molecule has 0 atom stereocenters. The zero-order chi connectivity index (χ0) is 11.8. The lowest BCUT2D eigenvalue weighted by atomic mass is 9.96. The van der Waals surface area contributed by atoms with Gasteiger partial charge in [0, 0.05) is 11.0 Å². The number of hydrogen-bond donors (Lipinski definition) is 1. The number of aromatic nitrogens is 3. The number of nitrogens with zero attached hydrogens (tertiary/aromatic N) is 2. The molecule has 0 fully saturated rings. The Morgan fingerprint density at radius 1 is 1.12 bits per heavy atom. The first-order valence-corrected chi connectivity index (χ1v) is 5.15. The molecule has 1 heterocycles. The molecule has 0 saturated carbocycles. The number of nitrogens with one attached hydrogen (secondary N) is 1. The summed E-state index contributed by atoms with van der Waals surface area (Å²) in [6, 6.07) is 6.15. The molecule has 0 aliphatic heterocycles. The van der Waals surface area contributed by atoms with E-state index in [1.165, 1.54) is 12.1 Å². The van der Waals surface area contributed by atoms with Crippen LogP contribution in [-0.4, -0.2) is 15.2 Å². The predicted octanol–water partition coefficient (Wildman–Crippen LogP) is 2.91. The van der Waals surface area contributed by atoms with Crippen molar-refractivity contribution in [1.29, 1.82) is 0 Å². The predicted molar refractivity (Wildman–Crippen MR) is 60.5 cm³/mol. The smallest absolute Gasteiger partial charge is 0.181 e. The normalized spacial score (nSPS) is 11.8. The van der Waals surface area contributed by atoms with Crippen molar-refractivity contribution >= 4 is 0 Å². The summed E-state index contributed by atoms with van der Waals surface area (Å²) in [6.45, 7) is 6.17. The van der Waals surface area contributed by atoms with Crippen molar-refractivity contribution in [2.75, 3.05) is 0 Å². The third kappa shape index (κ3) is 2.10. The van der Waals surface area contributed by atoms with Gasteiger partial charge in [0.2, 0.25) is 0 Å². The Morgan fingerprint density at radius 2 is 1.75 bits per heavy atom. The first-order valence-electron chi connectivity index (χ1n) is 5.15.